The zero-order chi connectivity index (χ0) is 23.5. The van der Waals surface area contributed by atoms with E-state index < -0.39 is 0 Å². The zero-order valence-corrected chi connectivity index (χ0v) is 19.5. The van der Waals surface area contributed by atoms with E-state index in [1.54, 1.807) is 6.20 Å². The van der Waals surface area contributed by atoms with Crippen molar-refractivity contribution >= 4 is 22.6 Å². The predicted octanol–water partition coefficient (Wildman–Crippen LogP) is 6.70. The first-order valence-electron chi connectivity index (χ1n) is 12.2. The van der Waals surface area contributed by atoms with Gasteiger partial charge in [0.15, 0.2) is 17.4 Å². The lowest BCUT2D eigenvalue weighted by Crippen LogP contribution is -2.22. The van der Waals surface area contributed by atoms with Crippen LogP contribution in [-0.2, 0) is 0 Å². The second-order valence-corrected chi connectivity index (χ2v) is 9.18. The van der Waals surface area contributed by atoms with Gasteiger partial charge < -0.3 is 4.57 Å². The van der Waals surface area contributed by atoms with Crippen molar-refractivity contribution in [3.63, 3.8) is 0 Å². The van der Waals surface area contributed by atoms with E-state index >= 15 is 0 Å². The third-order valence-corrected chi connectivity index (χ3v) is 6.92. The fourth-order valence-electron chi connectivity index (χ4n) is 5.21. The Morgan fingerprint density at radius 2 is 1.76 bits per heavy atom. The number of ketones is 2. The second kappa shape index (κ2) is 9.72. The summed E-state index contributed by atoms with van der Waals surface area (Å²) >= 11 is 0. The number of imidazole rings is 1. The van der Waals surface area contributed by atoms with Crippen LogP contribution in [0.25, 0.3) is 22.6 Å². The number of carbonyl (C=O) groups excluding carboxylic acids is 2. The molecule has 1 saturated carbocycles. The van der Waals surface area contributed by atoms with E-state index in [9.17, 15) is 9.59 Å². The van der Waals surface area contributed by atoms with Crippen LogP contribution in [0.1, 0.15) is 72.2 Å². The summed E-state index contributed by atoms with van der Waals surface area (Å²) in [6.45, 7) is 1.88. The minimum atomic E-state index is 0.119. The monoisotopic (exact) mass is 451 g/mol. The van der Waals surface area contributed by atoms with E-state index in [-0.39, 0.29) is 17.6 Å². The highest BCUT2D eigenvalue weighted by atomic mass is 16.1. The van der Waals surface area contributed by atoms with E-state index in [0.717, 1.165) is 53.8 Å². The normalized spacial score (nSPS) is 18.1. The highest BCUT2D eigenvalue weighted by Crippen LogP contribution is 2.39. The van der Waals surface area contributed by atoms with Crippen LogP contribution in [0.3, 0.4) is 0 Å². The van der Waals surface area contributed by atoms with Crippen molar-refractivity contribution in [2.24, 2.45) is 5.92 Å². The molecule has 0 aliphatic heterocycles. The second-order valence-electron chi connectivity index (χ2n) is 9.18. The van der Waals surface area contributed by atoms with E-state index in [4.69, 9.17) is 4.98 Å². The lowest BCUT2D eigenvalue weighted by Gasteiger charge is -2.31. The molecule has 0 radical (unpaired) electrons. The van der Waals surface area contributed by atoms with Gasteiger partial charge in [-0.15, -0.1) is 0 Å². The van der Waals surface area contributed by atoms with Crippen LogP contribution in [-0.4, -0.2) is 26.1 Å². The molecule has 2 atom stereocenters. The third-order valence-electron chi connectivity index (χ3n) is 6.92. The van der Waals surface area contributed by atoms with Crippen LogP contribution >= 0.6 is 0 Å². The molecule has 34 heavy (non-hydrogen) atoms. The topological polar surface area (TPSA) is 64.8 Å². The Bertz CT molecular complexity index is 1310. The molecular formula is C29H29N3O2. The van der Waals surface area contributed by atoms with Gasteiger partial charge in [0.2, 0.25) is 0 Å². The number of carbonyl (C=O) groups is 2. The standard InChI is InChI=1S/C29H29N3O2/c1-2-27(33)22-14-15-26-25(19-22)31-29(24-13-6-7-16-30-24)32(26)23-12-8-9-20(17-23)18-28(34)21-10-4-3-5-11-21/h3-7,10-11,13-16,19-20,23H,2,8-9,12,17-18H2,1H3/t20-,23+/m0/s1. The van der Waals surface area contributed by atoms with Crippen LogP contribution in [0.4, 0.5) is 0 Å². The summed E-state index contributed by atoms with van der Waals surface area (Å²) in [7, 11) is 0. The zero-order valence-electron chi connectivity index (χ0n) is 19.5. The molecule has 2 heterocycles. The molecule has 1 aliphatic rings. The van der Waals surface area contributed by atoms with Gasteiger partial charge >= 0.3 is 0 Å². The van der Waals surface area contributed by atoms with Crippen LogP contribution in [0.5, 0.6) is 0 Å². The Morgan fingerprint density at radius 3 is 2.53 bits per heavy atom. The summed E-state index contributed by atoms with van der Waals surface area (Å²) in [6.07, 6.45) is 6.94. The molecule has 5 rings (SSSR count). The SMILES string of the molecule is CCC(=O)c1ccc2c(c1)nc(-c1ccccn1)n2[C@@H]1CCC[C@H](CC(=O)c2ccccc2)C1. The molecule has 0 N–H and O–H groups in total. The quantitative estimate of drug-likeness (QED) is 0.293. The molecule has 0 unspecified atom stereocenters. The maximum Gasteiger partial charge on any atom is 0.163 e. The van der Waals surface area contributed by atoms with Gasteiger partial charge in [0.05, 0.1) is 11.0 Å². The number of pyridine rings is 1. The molecule has 5 nitrogen and oxygen atoms in total. The first kappa shape index (κ1) is 22.2. The molecule has 172 valence electrons. The van der Waals surface area contributed by atoms with Gasteiger partial charge in [0, 0.05) is 36.2 Å². The molecule has 2 aromatic carbocycles. The molecular weight excluding hydrogens is 422 g/mol. The average Bonchev–Trinajstić information content (AvgIpc) is 3.28. The molecule has 5 heteroatoms. The van der Waals surface area contributed by atoms with Crippen LogP contribution in [0.2, 0.25) is 0 Å². The Kier molecular flexibility index (Phi) is 6.35. The smallest absolute Gasteiger partial charge is 0.163 e. The summed E-state index contributed by atoms with van der Waals surface area (Å²) in [4.78, 5) is 34.7. The fourth-order valence-corrected chi connectivity index (χ4v) is 5.21. The number of nitrogens with zero attached hydrogens (tertiary/aromatic N) is 3. The summed E-state index contributed by atoms with van der Waals surface area (Å²) in [6, 6.07) is 21.5. The predicted molar refractivity (Wildman–Crippen MR) is 134 cm³/mol. The third kappa shape index (κ3) is 4.43. The van der Waals surface area contributed by atoms with E-state index in [1.165, 1.54) is 0 Å². The van der Waals surface area contributed by atoms with E-state index in [1.807, 2.05) is 73.7 Å². The molecule has 0 amide bonds. The van der Waals surface area contributed by atoms with E-state index in [0.29, 0.717) is 24.3 Å². The summed E-state index contributed by atoms with van der Waals surface area (Å²) in [5.41, 5.74) is 4.16. The van der Waals surface area contributed by atoms with Crippen molar-refractivity contribution in [2.45, 2.75) is 51.5 Å². The Labute approximate surface area is 199 Å². The highest BCUT2D eigenvalue weighted by molar-refractivity contribution is 5.99. The molecule has 0 spiro atoms. The van der Waals surface area contributed by atoms with Gasteiger partial charge in [-0.25, -0.2) is 4.98 Å². The molecule has 1 fully saturated rings. The van der Waals surface area contributed by atoms with Gasteiger partial charge in [-0.3, -0.25) is 14.6 Å². The maximum absolute atomic E-state index is 12.9. The van der Waals surface area contributed by atoms with Gasteiger partial charge in [-0.05, 0) is 55.5 Å². The van der Waals surface area contributed by atoms with Crippen molar-refractivity contribution < 1.29 is 9.59 Å². The molecule has 1 aliphatic carbocycles. The minimum absolute atomic E-state index is 0.119. The van der Waals surface area contributed by atoms with Gasteiger partial charge in [-0.2, -0.15) is 0 Å². The summed E-state index contributed by atoms with van der Waals surface area (Å²) in [5.74, 6) is 1.50. The van der Waals surface area contributed by atoms with Crippen molar-refractivity contribution in [2.75, 3.05) is 0 Å². The Hall–Kier alpha value is -3.60. The highest BCUT2D eigenvalue weighted by Gasteiger charge is 2.29. The molecule has 4 aromatic rings. The largest absolute Gasteiger partial charge is 0.320 e. The number of rotatable bonds is 7. The number of aromatic nitrogens is 3. The van der Waals surface area contributed by atoms with Crippen molar-refractivity contribution in [1.82, 2.24) is 14.5 Å². The van der Waals surface area contributed by atoms with Crippen LogP contribution in [0, 0.1) is 5.92 Å². The Balaban J connectivity index is 1.50. The first-order valence-corrected chi connectivity index (χ1v) is 12.2. The van der Waals surface area contributed by atoms with Crippen LogP contribution in [0.15, 0.2) is 72.9 Å². The number of fused-ring (bicyclic) bond motifs is 1. The molecule has 0 saturated heterocycles. The lowest BCUT2D eigenvalue weighted by molar-refractivity contribution is 0.0940. The molecule has 0 bridgehead atoms. The summed E-state index contributed by atoms with van der Waals surface area (Å²) in [5, 5.41) is 0. The number of hydrogen-bond donors (Lipinski definition) is 0. The van der Waals surface area contributed by atoms with Crippen LogP contribution < -0.4 is 0 Å². The number of benzene rings is 2. The van der Waals surface area contributed by atoms with Gasteiger partial charge in [0.1, 0.15) is 5.69 Å². The number of hydrogen-bond acceptors (Lipinski definition) is 4. The van der Waals surface area contributed by atoms with Crippen molar-refractivity contribution in [3.05, 3.63) is 84.1 Å². The fraction of sp³-hybridized carbons (Fsp3) is 0.310. The number of Topliss-reactive ketones (excluding diaryl/α,β-unsaturated/α-hetero) is 2. The lowest BCUT2D eigenvalue weighted by atomic mass is 9.81. The first-order chi connectivity index (χ1) is 16.6. The van der Waals surface area contributed by atoms with Gasteiger partial charge in [-0.1, -0.05) is 49.7 Å². The average molecular weight is 452 g/mol. The van der Waals surface area contributed by atoms with Gasteiger partial charge in [0.25, 0.3) is 0 Å². The van der Waals surface area contributed by atoms with E-state index in [2.05, 4.69) is 9.55 Å². The van der Waals surface area contributed by atoms with Crippen molar-refractivity contribution in [1.29, 1.82) is 0 Å². The van der Waals surface area contributed by atoms with Crippen molar-refractivity contribution in [3.8, 4) is 11.5 Å². The maximum atomic E-state index is 12.9. The molecule has 2 aromatic heterocycles. The minimum Gasteiger partial charge on any atom is -0.320 e. The summed E-state index contributed by atoms with van der Waals surface area (Å²) < 4.78 is 2.30. The Morgan fingerprint density at radius 1 is 0.941 bits per heavy atom.